The second-order valence-corrected chi connectivity index (χ2v) is 6.29. The number of pyridine rings is 1. The number of amides is 1. The first-order valence-electron chi connectivity index (χ1n) is 6.08. The maximum Gasteiger partial charge on any atom is 0.236 e. The lowest BCUT2D eigenvalue weighted by Crippen LogP contribution is -2.13. The van der Waals surface area contributed by atoms with E-state index in [1.54, 1.807) is 19.2 Å². The number of aryl methyl sites for hydroxylation is 1. The standard InChI is InChI=1S/C13H14N4O2S2/c1-7-12(8(2)18)21-13(16-7)17-11(19)6-20-9-3-4-10(14)15-5-9/h3-5H,6H2,1-2H3,(H2,14,15)(H,16,17,19). The van der Waals surface area contributed by atoms with E-state index >= 15 is 0 Å². The monoisotopic (exact) mass is 322 g/mol. The summed E-state index contributed by atoms with van der Waals surface area (Å²) in [6, 6.07) is 3.49. The van der Waals surface area contributed by atoms with Crippen LogP contribution in [0.2, 0.25) is 0 Å². The number of rotatable bonds is 5. The minimum Gasteiger partial charge on any atom is -0.384 e. The van der Waals surface area contributed by atoms with Gasteiger partial charge in [0.05, 0.1) is 16.3 Å². The molecule has 0 atom stereocenters. The molecule has 8 heteroatoms. The number of aromatic nitrogens is 2. The molecule has 0 saturated carbocycles. The molecule has 6 nitrogen and oxygen atoms in total. The first-order valence-corrected chi connectivity index (χ1v) is 7.88. The maximum atomic E-state index is 11.8. The molecule has 0 fully saturated rings. The Kier molecular flexibility index (Phi) is 4.92. The summed E-state index contributed by atoms with van der Waals surface area (Å²) >= 11 is 2.54. The quantitative estimate of drug-likeness (QED) is 0.648. The molecule has 2 aromatic heterocycles. The number of hydrogen-bond donors (Lipinski definition) is 2. The molecule has 3 N–H and O–H groups in total. The molecule has 0 aromatic carbocycles. The van der Waals surface area contributed by atoms with Crippen LogP contribution in [0.5, 0.6) is 0 Å². The summed E-state index contributed by atoms with van der Waals surface area (Å²) in [5.74, 6) is 0.451. The van der Waals surface area contributed by atoms with Crippen LogP contribution < -0.4 is 11.1 Å². The van der Waals surface area contributed by atoms with Gasteiger partial charge < -0.3 is 11.1 Å². The van der Waals surface area contributed by atoms with Crippen molar-refractivity contribution in [3.05, 3.63) is 28.9 Å². The van der Waals surface area contributed by atoms with E-state index < -0.39 is 0 Å². The number of thioether (sulfide) groups is 1. The smallest absolute Gasteiger partial charge is 0.236 e. The number of nitrogens with two attached hydrogens (primary N) is 1. The number of hydrogen-bond acceptors (Lipinski definition) is 7. The molecule has 0 aliphatic heterocycles. The third-order valence-corrected chi connectivity index (χ3v) is 4.65. The van der Waals surface area contributed by atoms with Crippen LogP contribution >= 0.6 is 23.1 Å². The predicted octanol–water partition coefficient (Wildman–Crippen LogP) is 2.36. The molecule has 21 heavy (non-hydrogen) atoms. The van der Waals surface area contributed by atoms with Crippen molar-refractivity contribution in [1.82, 2.24) is 9.97 Å². The van der Waals surface area contributed by atoms with E-state index in [-0.39, 0.29) is 17.4 Å². The number of nitrogens with zero attached hydrogens (tertiary/aromatic N) is 2. The Morgan fingerprint density at radius 2 is 2.19 bits per heavy atom. The lowest BCUT2D eigenvalue weighted by atomic mass is 10.3. The molecule has 0 saturated heterocycles. The van der Waals surface area contributed by atoms with Gasteiger partial charge in [0.2, 0.25) is 5.91 Å². The Labute approximate surface area is 130 Å². The van der Waals surface area contributed by atoms with Gasteiger partial charge in [-0.3, -0.25) is 9.59 Å². The summed E-state index contributed by atoms with van der Waals surface area (Å²) in [7, 11) is 0. The Bertz CT molecular complexity index is 667. The van der Waals surface area contributed by atoms with Crippen LogP contribution in [0.25, 0.3) is 0 Å². The van der Waals surface area contributed by atoms with Gasteiger partial charge in [-0.25, -0.2) is 9.97 Å². The van der Waals surface area contributed by atoms with Gasteiger partial charge in [0.15, 0.2) is 10.9 Å². The highest BCUT2D eigenvalue weighted by Gasteiger charge is 2.13. The normalized spacial score (nSPS) is 10.4. The van der Waals surface area contributed by atoms with Crippen molar-refractivity contribution in [2.45, 2.75) is 18.7 Å². The van der Waals surface area contributed by atoms with Crippen LogP contribution in [0, 0.1) is 6.92 Å². The largest absolute Gasteiger partial charge is 0.384 e. The first-order chi connectivity index (χ1) is 9.95. The Hall–Kier alpha value is -1.93. The van der Waals surface area contributed by atoms with E-state index in [0.29, 0.717) is 21.5 Å². The van der Waals surface area contributed by atoms with Crippen LogP contribution in [0.4, 0.5) is 10.9 Å². The molecule has 0 bridgehead atoms. The van der Waals surface area contributed by atoms with Crippen molar-refractivity contribution in [2.24, 2.45) is 0 Å². The predicted molar refractivity (Wildman–Crippen MR) is 84.9 cm³/mol. The van der Waals surface area contributed by atoms with Crippen LogP contribution in [0.3, 0.4) is 0 Å². The molecule has 0 unspecified atom stereocenters. The zero-order valence-corrected chi connectivity index (χ0v) is 13.2. The van der Waals surface area contributed by atoms with E-state index in [1.807, 2.05) is 6.07 Å². The van der Waals surface area contributed by atoms with Crippen molar-refractivity contribution in [1.29, 1.82) is 0 Å². The average molecular weight is 322 g/mol. The summed E-state index contributed by atoms with van der Waals surface area (Å²) in [6.07, 6.45) is 1.62. The molecule has 1 amide bonds. The SMILES string of the molecule is CC(=O)c1sc(NC(=O)CSc2ccc(N)nc2)nc1C. The van der Waals surface area contributed by atoms with E-state index in [4.69, 9.17) is 5.73 Å². The summed E-state index contributed by atoms with van der Waals surface area (Å²) < 4.78 is 0. The minimum absolute atomic E-state index is 0.0483. The molecule has 2 rings (SSSR count). The Balaban J connectivity index is 1.91. The third-order valence-electron chi connectivity index (χ3n) is 2.49. The highest BCUT2D eigenvalue weighted by Crippen LogP contribution is 2.23. The van der Waals surface area contributed by atoms with Gasteiger partial charge in [-0.05, 0) is 19.1 Å². The number of anilines is 2. The Morgan fingerprint density at radius 3 is 2.76 bits per heavy atom. The summed E-state index contributed by atoms with van der Waals surface area (Å²) in [5, 5.41) is 3.13. The van der Waals surface area contributed by atoms with Crippen molar-refractivity contribution in [3.8, 4) is 0 Å². The van der Waals surface area contributed by atoms with Gasteiger partial charge in [-0.1, -0.05) is 11.3 Å². The zero-order chi connectivity index (χ0) is 15.4. The van der Waals surface area contributed by atoms with Crippen LogP contribution in [-0.4, -0.2) is 27.4 Å². The van der Waals surface area contributed by atoms with Gasteiger partial charge in [0.1, 0.15) is 5.82 Å². The van der Waals surface area contributed by atoms with Crippen molar-refractivity contribution >= 4 is 45.7 Å². The molecule has 2 aromatic rings. The van der Waals surface area contributed by atoms with Crippen LogP contribution in [0.1, 0.15) is 22.3 Å². The molecular weight excluding hydrogens is 308 g/mol. The minimum atomic E-state index is -0.180. The number of nitrogen functional groups attached to an aromatic ring is 1. The molecule has 0 aliphatic rings. The van der Waals surface area contributed by atoms with Gasteiger partial charge in [0, 0.05) is 18.0 Å². The molecule has 2 heterocycles. The lowest BCUT2D eigenvalue weighted by molar-refractivity contribution is -0.113. The van der Waals surface area contributed by atoms with E-state index in [2.05, 4.69) is 15.3 Å². The van der Waals surface area contributed by atoms with Crippen molar-refractivity contribution < 1.29 is 9.59 Å². The average Bonchev–Trinajstić information content (AvgIpc) is 2.79. The number of Topliss-reactive ketones (excluding diaryl/α,β-unsaturated/α-hetero) is 1. The lowest BCUT2D eigenvalue weighted by Gasteiger charge is -2.02. The highest BCUT2D eigenvalue weighted by molar-refractivity contribution is 8.00. The molecule has 0 spiro atoms. The molecule has 0 aliphatic carbocycles. The van der Waals surface area contributed by atoms with Crippen LogP contribution in [-0.2, 0) is 4.79 Å². The third kappa shape index (κ3) is 4.27. The molecule has 110 valence electrons. The topological polar surface area (TPSA) is 98.0 Å². The van der Waals surface area contributed by atoms with Crippen molar-refractivity contribution in [2.75, 3.05) is 16.8 Å². The second-order valence-electron chi connectivity index (χ2n) is 4.25. The molecular formula is C13H14N4O2S2. The second kappa shape index (κ2) is 6.68. The highest BCUT2D eigenvalue weighted by atomic mass is 32.2. The number of carbonyl (C=O) groups excluding carboxylic acids is 2. The fourth-order valence-corrected chi connectivity index (χ4v) is 3.10. The first kappa shape index (κ1) is 15.5. The Morgan fingerprint density at radius 1 is 1.43 bits per heavy atom. The fourth-order valence-electron chi connectivity index (χ4n) is 1.56. The van der Waals surface area contributed by atoms with Gasteiger partial charge in [-0.2, -0.15) is 0 Å². The van der Waals surface area contributed by atoms with E-state index in [0.717, 1.165) is 4.90 Å². The van der Waals surface area contributed by atoms with E-state index in [9.17, 15) is 9.59 Å². The van der Waals surface area contributed by atoms with Crippen LogP contribution in [0.15, 0.2) is 23.2 Å². The number of nitrogens with one attached hydrogen (secondary N) is 1. The van der Waals surface area contributed by atoms with E-state index in [1.165, 1.54) is 30.0 Å². The summed E-state index contributed by atoms with van der Waals surface area (Å²) in [4.78, 5) is 32.7. The zero-order valence-electron chi connectivity index (χ0n) is 11.5. The number of carbonyl (C=O) groups is 2. The van der Waals surface area contributed by atoms with Crippen molar-refractivity contribution in [3.63, 3.8) is 0 Å². The summed E-state index contributed by atoms with van der Waals surface area (Å²) in [5.41, 5.74) is 6.13. The number of thiazole rings is 1. The maximum absolute atomic E-state index is 11.8. The van der Waals surface area contributed by atoms with Gasteiger partial charge >= 0.3 is 0 Å². The van der Waals surface area contributed by atoms with Gasteiger partial charge in [-0.15, -0.1) is 11.8 Å². The number of ketones is 1. The van der Waals surface area contributed by atoms with Gasteiger partial charge in [0.25, 0.3) is 0 Å². The fraction of sp³-hybridized carbons (Fsp3) is 0.231. The summed E-state index contributed by atoms with van der Waals surface area (Å²) in [6.45, 7) is 3.23. The molecule has 0 radical (unpaired) electrons.